The number of halogens is 2. The molecule has 144 valence electrons. The van der Waals surface area contributed by atoms with Crippen LogP contribution in [0.25, 0.3) is 6.08 Å². The molecule has 3 amide bonds. The monoisotopic (exact) mass is 448 g/mol. The molecule has 0 aromatic heterocycles. The number of amides is 3. The summed E-state index contributed by atoms with van der Waals surface area (Å²) in [7, 11) is 0. The van der Waals surface area contributed by atoms with E-state index < -0.39 is 30.3 Å². The molecule has 2 aromatic rings. The van der Waals surface area contributed by atoms with Crippen molar-refractivity contribution in [2.24, 2.45) is 0 Å². The van der Waals surface area contributed by atoms with Gasteiger partial charge in [-0.3, -0.25) is 9.69 Å². The SMILES string of the molecule is O=C(O)COc1ccc(/C=C2/NC(=O)N(Cc3ccc(F)cc3)C2=O)cc1Br. The van der Waals surface area contributed by atoms with E-state index in [1.807, 2.05) is 0 Å². The molecule has 1 saturated heterocycles. The predicted octanol–water partition coefficient (Wildman–Crippen LogP) is 3.14. The molecular weight excluding hydrogens is 435 g/mol. The van der Waals surface area contributed by atoms with Gasteiger partial charge in [0.2, 0.25) is 0 Å². The molecule has 1 aliphatic heterocycles. The standard InChI is InChI=1S/C19H14BrFN2O5/c20-14-7-12(3-6-16(14)28-10-17(24)25)8-15-18(26)23(19(27)22-15)9-11-1-4-13(21)5-2-11/h1-8H,9-10H2,(H,22,27)(H,24,25)/b15-8+. The van der Waals surface area contributed by atoms with E-state index in [0.29, 0.717) is 21.3 Å². The zero-order valence-electron chi connectivity index (χ0n) is 14.3. The van der Waals surface area contributed by atoms with Crippen LogP contribution in [-0.4, -0.2) is 34.5 Å². The minimum atomic E-state index is -1.10. The third-order valence-corrected chi connectivity index (χ3v) is 4.45. The zero-order valence-corrected chi connectivity index (χ0v) is 15.9. The number of carboxylic acid groups (broad SMARTS) is 1. The number of hydrogen-bond donors (Lipinski definition) is 2. The molecule has 28 heavy (non-hydrogen) atoms. The fourth-order valence-corrected chi connectivity index (χ4v) is 3.03. The molecule has 0 radical (unpaired) electrons. The molecule has 0 atom stereocenters. The fourth-order valence-electron chi connectivity index (χ4n) is 2.52. The maximum atomic E-state index is 13.0. The number of carboxylic acids is 1. The van der Waals surface area contributed by atoms with Crippen molar-refractivity contribution in [3.63, 3.8) is 0 Å². The number of nitrogens with one attached hydrogen (secondary N) is 1. The molecule has 0 aliphatic carbocycles. The molecule has 1 heterocycles. The molecule has 1 fully saturated rings. The number of benzene rings is 2. The van der Waals surface area contributed by atoms with E-state index >= 15 is 0 Å². The van der Waals surface area contributed by atoms with Crippen LogP contribution in [0.5, 0.6) is 5.75 Å². The van der Waals surface area contributed by atoms with Gasteiger partial charge in [0.15, 0.2) is 6.61 Å². The molecule has 7 nitrogen and oxygen atoms in total. The molecule has 3 rings (SSSR count). The van der Waals surface area contributed by atoms with Gasteiger partial charge in [-0.2, -0.15) is 0 Å². The number of rotatable bonds is 6. The first-order valence-electron chi connectivity index (χ1n) is 8.06. The Kier molecular flexibility index (Phi) is 5.74. The minimum Gasteiger partial charge on any atom is -0.481 e. The summed E-state index contributed by atoms with van der Waals surface area (Å²) in [6.45, 7) is -0.458. The van der Waals surface area contributed by atoms with Crippen LogP contribution in [0.1, 0.15) is 11.1 Å². The summed E-state index contributed by atoms with van der Waals surface area (Å²) in [5.41, 5.74) is 1.31. The van der Waals surface area contributed by atoms with Crippen molar-refractivity contribution >= 4 is 39.9 Å². The summed E-state index contributed by atoms with van der Waals surface area (Å²) in [4.78, 5) is 36.2. The van der Waals surface area contributed by atoms with Crippen molar-refractivity contribution < 1.29 is 28.6 Å². The first-order valence-corrected chi connectivity index (χ1v) is 8.86. The number of nitrogens with zero attached hydrogens (tertiary/aromatic N) is 1. The summed E-state index contributed by atoms with van der Waals surface area (Å²) < 4.78 is 18.6. The van der Waals surface area contributed by atoms with Gasteiger partial charge in [-0.15, -0.1) is 0 Å². The number of hydrogen-bond acceptors (Lipinski definition) is 4. The van der Waals surface area contributed by atoms with Crippen molar-refractivity contribution in [2.75, 3.05) is 6.61 Å². The Morgan fingerprint density at radius 3 is 2.57 bits per heavy atom. The molecule has 1 aliphatic rings. The van der Waals surface area contributed by atoms with Crippen LogP contribution >= 0.6 is 15.9 Å². The highest BCUT2D eigenvalue weighted by molar-refractivity contribution is 9.10. The Labute approximate surface area is 167 Å². The number of ether oxygens (including phenoxy) is 1. The second-order valence-electron chi connectivity index (χ2n) is 5.88. The number of aliphatic carboxylic acids is 1. The highest BCUT2D eigenvalue weighted by atomic mass is 79.9. The Morgan fingerprint density at radius 2 is 1.93 bits per heavy atom. The smallest absolute Gasteiger partial charge is 0.341 e. The highest BCUT2D eigenvalue weighted by Gasteiger charge is 2.33. The minimum absolute atomic E-state index is 0.0218. The fraction of sp³-hybridized carbons (Fsp3) is 0.105. The maximum Gasteiger partial charge on any atom is 0.341 e. The van der Waals surface area contributed by atoms with E-state index in [2.05, 4.69) is 21.2 Å². The van der Waals surface area contributed by atoms with E-state index in [9.17, 15) is 18.8 Å². The van der Waals surface area contributed by atoms with Crippen LogP contribution in [0.2, 0.25) is 0 Å². The second kappa shape index (κ2) is 8.22. The summed E-state index contributed by atoms with van der Waals surface area (Å²) in [6, 6.07) is 9.77. The van der Waals surface area contributed by atoms with Crippen molar-refractivity contribution in [1.29, 1.82) is 0 Å². The van der Waals surface area contributed by atoms with Gasteiger partial charge in [0.05, 0.1) is 11.0 Å². The van der Waals surface area contributed by atoms with Gasteiger partial charge < -0.3 is 15.2 Å². The molecule has 0 unspecified atom stereocenters. The van der Waals surface area contributed by atoms with Gasteiger partial charge in [-0.25, -0.2) is 14.0 Å². The van der Waals surface area contributed by atoms with Gasteiger partial charge in [-0.05, 0) is 57.4 Å². The summed E-state index contributed by atoms with van der Waals surface area (Å²) in [5, 5.41) is 11.2. The van der Waals surface area contributed by atoms with Gasteiger partial charge in [0.25, 0.3) is 5.91 Å². The van der Waals surface area contributed by atoms with Crippen LogP contribution in [-0.2, 0) is 16.1 Å². The number of carbonyl (C=O) groups excluding carboxylic acids is 2. The Bertz CT molecular complexity index is 975. The third kappa shape index (κ3) is 4.55. The Hall–Kier alpha value is -3.20. The Morgan fingerprint density at radius 1 is 1.21 bits per heavy atom. The largest absolute Gasteiger partial charge is 0.481 e. The molecular formula is C19H14BrFN2O5. The third-order valence-electron chi connectivity index (χ3n) is 3.83. The predicted molar refractivity (Wildman–Crippen MR) is 101 cm³/mol. The van der Waals surface area contributed by atoms with Crippen molar-refractivity contribution in [3.05, 3.63) is 69.6 Å². The topological polar surface area (TPSA) is 95.9 Å². The first kappa shape index (κ1) is 19.6. The van der Waals surface area contributed by atoms with Gasteiger partial charge in [0.1, 0.15) is 17.3 Å². The molecule has 0 bridgehead atoms. The van der Waals surface area contributed by atoms with Crippen LogP contribution in [0, 0.1) is 5.82 Å². The van der Waals surface area contributed by atoms with Crippen molar-refractivity contribution in [1.82, 2.24) is 10.2 Å². The lowest BCUT2D eigenvalue weighted by Gasteiger charge is -2.11. The molecule has 0 spiro atoms. The number of imide groups is 1. The van der Waals surface area contributed by atoms with Crippen LogP contribution in [0.4, 0.5) is 9.18 Å². The number of carbonyl (C=O) groups is 3. The molecule has 2 N–H and O–H groups in total. The van der Waals surface area contributed by atoms with Crippen molar-refractivity contribution in [2.45, 2.75) is 6.54 Å². The van der Waals surface area contributed by atoms with Crippen LogP contribution < -0.4 is 10.1 Å². The van der Waals surface area contributed by atoms with Gasteiger partial charge in [-0.1, -0.05) is 18.2 Å². The van der Waals surface area contributed by atoms with Crippen LogP contribution in [0.15, 0.2) is 52.6 Å². The van der Waals surface area contributed by atoms with Crippen LogP contribution in [0.3, 0.4) is 0 Å². The van der Waals surface area contributed by atoms with E-state index in [-0.39, 0.29) is 12.2 Å². The molecule has 2 aromatic carbocycles. The quantitative estimate of drug-likeness (QED) is 0.522. The summed E-state index contributed by atoms with van der Waals surface area (Å²) >= 11 is 3.28. The summed E-state index contributed by atoms with van der Waals surface area (Å²) in [5.74, 6) is -1.66. The van der Waals surface area contributed by atoms with E-state index in [1.54, 1.807) is 18.2 Å². The average Bonchev–Trinajstić information content (AvgIpc) is 2.90. The normalized spacial score (nSPS) is 15.1. The molecule has 0 saturated carbocycles. The second-order valence-corrected chi connectivity index (χ2v) is 6.73. The van der Waals surface area contributed by atoms with Crippen molar-refractivity contribution in [3.8, 4) is 5.75 Å². The zero-order chi connectivity index (χ0) is 20.3. The van der Waals surface area contributed by atoms with E-state index in [1.165, 1.54) is 30.3 Å². The van der Waals surface area contributed by atoms with E-state index in [4.69, 9.17) is 9.84 Å². The Balaban J connectivity index is 1.75. The number of urea groups is 1. The van der Waals surface area contributed by atoms with E-state index in [0.717, 1.165) is 4.90 Å². The highest BCUT2D eigenvalue weighted by Crippen LogP contribution is 2.27. The summed E-state index contributed by atoms with van der Waals surface area (Å²) in [6.07, 6.45) is 1.50. The first-order chi connectivity index (χ1) is 13.3. The van der Waals surface area contributed by atoms with Gasteiger partial charge >= 0.3 is 12.0 Å². The average molecular weight is 449 g/mol. The maximum absolute atomic E-state index is 13.0. The lowest BCUT2D eigenvalue weighted by atomic mass is 10.1. The van der Waals surface area contributed by atoms with Gasteiger partial charge in [0, 0.05) is 0 Å². The molecule has 9 heteroatoms. The lowest BCUT2D eigenvalue weighted by Crippen LogP contribution is -2.30. The lowest BCUT2D eigenvalue weighted by molar-refractivity contribution is -0.139.